The second kappa shape index (κ2) is 6.79. The Morgan fingerprint density at radius 2 is 1.75 bits per heavy atom. The van der Waals surface area contributed by atoms with E-state index in [9.17, 15) is 9.59 Å². The lowest BCUT2D eigenvalue weighted by Crippen LogP contribution is -2.43. The van der Waals surface area contributed by atoms with Gasteiger partial charge in [-0.1, -0.05) is 34.6 Å². The molecule has 0 aliphatic carbocycles. The SMILES string of the molecule is CCN[C@@H](CCC(=O)CC)C(=O)C(C)(C)C. The molecule has 94 valence electrons. The van der Waals surface area contributed by atoms with Crippen molar-refractivity contribution in [3.8, 4) is 0 Å². The third-order valence-electron chi connectivity index (χ3n) is 2.61. The van der Waals surface area contributed by atoms with Crippen LogP contribution in [0.2, 0.25) is 0 Å². The minimum atomic E-state index is -0.345. The molecule has 0 heterocycles. The molecule has 0 saturated carbocycles. The van der Waals surface area contributed by atoms with Crippen molar-refractivity contribution >= 4 is 11.6 Å². The fraction of sp³-hybridized carbons (Fsp3) is 0.846. The highest BCUT2D eigenvalue weighted by molar-refractivity contribution is 5.89. The van der Waals surface area contributed by atoms with Gasteiger partial charge in [0.05, 0.1) is 6.04 Å². The van der Waals surface area contributed by atoms with Crippen LogP contribution in [-0.4, -0.2) is 24.2 Å². The average molecular weight is 227 g/mol. The van der Waals surface area contributed by atoms with Gasteiger partial charge >= 0.3 is 0 Å². The molecule has 0 radical (unpaired) electrons. The zero-order valence-corrected chi connectivity index (χ0v) is 11.2. The summed E-state index contributed by atoms with van der Waals surface area (Å²) in [4.78, 5) is 23.3. The zero-order chi connectivity index (χ0) is 12.8. The smallest absolute Gasteiger partial charge is 0.155 e. The van der Waals surface area contributed by atoms with E-state index in [2.05, 4.69) is 5.32 Å². The van der Waals surface area contributed by atoms with E-state index in [0.29, 0.717) is 19.3 Å². The maximum absolute atomic E-state index is 12.1. The summed E-state index contributed by atoms with van der Waals surface area (Å²) in [5, 5.41) is 3.17. The summed E-state index contributed by atoms with van der Waals surface area (Å²) in [5.74, 6) is 0.419. The van der Waals surface area contributed by atoms with Crippen molar-refractivity contribution in [3.63, 3.8) is 0 Å². The number of rotatable bonds is 7. The summed E-state index contributed by atoms with van der Waals surface area (Å²) >= 11 is 0. The number of carbonyl (C=O) groups is 2. The molecular weight excluding hydrogens is 202 g/mol. The molecule has 0 amide bonds. The van der Waals surface area contributed by atoms with Crippen molar-refractivity contribution in [1.29, 1.82) is 0 Å². The van der Waals surface area contributed by atoms with E-state index < -0.39 is 0 Å². The minimum Gasteiger partial charge on any atom is -0.308 e. The van der Waals surface area contributed by atoms with Gasteiger partial charge in [-0.05, 0) is 13.0 Å². The van der Waals surface area contributed by atoms with E-state index in [1.165, 1.54) is 0 Å². The van der Waals surface area contributed by atoms with Gasteiger partial charge < -0.3 is 5.32 Å². The minimum absolute atomic E-state index is 0.180. The Balaban J connectivity index is 4.38. The van der Waals surface area contributed by atoms with Crippen LogP contribution < -0.4 is 5.32 Å². The molecule has 3 nitrogen and oxygen atoms in total. The molecule has 16 heavy (non-hydrogen) atoms. The third-order valence-corrected chi connectivity index (χ3v) is 2.61. The van der Waals surface area contributed by atoms with Gasteiger partial charge in [-0.2, -0.15) is 0 Å². The van der Waals surface area contributed by atoms with Crippen LogP contribution in [0.3, 0.4) is 0 Å². The molecule has 1 atom stereocenters. The van der Waals surface area contributed by atoms with E-state index in [4.69, 9.17) is 0 Å². The highest BCUT2D eigenvalue weighted by atomic mass is 16.1. The number of Topliss-reactive ketones (excluding diaryl/α,β-unsaturated/α-hetero) is 2. The Bertz CT molecular complexity index is 241. The van der Waals surface area contributed by atoms with Crippen LogP contribution in [0.1, 0.15) is 53.9 Å². The summed E-state index contributed by atoms with van der Waals surface area (Å²) < 4.78 is 0. The lowest BCUT2D eigenvalue weighted by Gasteiger charge is -2.25. The quantitative estimate of drug-likeness (QED) is 0.726. The van der Waals surface area contributed by atoms with Crippen LogP contribution >= 0.6 is 0 Å². The largest absolute Gasteiger partial charge is 0.308 e. The van der Waals surface area contributed by atoms with Crippen LogP contribution in [0.5, 0.6) is 0 Å². The van der Waals surface area contributed by atoms with Gasteiger partial charge in [-0.3, -0.25) is 9.59 Å². The fourth-order valence-corrected chi connectivity index (χ4v) is 1.58. The van der Waals surface area contributed by atoms with Crippen molar-refractivity contribution in [3.05, 3.63) is 0 Å². The van der Waals surface area contributed by atoms with Crippen LogP contribution in [-0.2, 0) is 9.59 Å². The molecule has 0 aromatic heterocycles. The first-order valence-corrected chi connectivity index (χ1v) is 6.12. The Kier molecular flexibility index (Phi) is 6.49. The molecule has 0 rings (SSSR count). The second-order valence-corrected chi connectivity index (χ2v) is 5.16. The first kappa shape index (κ1) is 15.3. The number of likely N-dealkylation sites (N-methyl/N-ethyl adjacent to an activating group) is 1. The fourth-order valence-electron chi connectivity index (χ4n) is 1.58. The summed E-state index contributed by atoms with van der Waals surface area (Å²) in [7, 11) is 0. The molecular formula is C13H25NO2. The molecule has 0 saturated heterocycles. The average Bonchev–Trinajstić information content (AvgIpc) is 2.21. The summed E-state index contributed by atoms with van der Waals surface area (Å²) in [5.41, 5.74) is -0.345. The predicted octanol–water partition coefficient (Wildman–Crippen LogP) is 2.34. The lowest BCUT2D eigenvalue weighted by atomic mass is 9.84. The first-order chi connectivity index (χ1) is 7.32. The van der Waals surface area contributed by atoms with Gasteiger partial charge in [0.1, 0.15) is 5.78 Å². The zero-order valence-electron chi connectivity index (χ0n) is 11.2. The number of hydrogen-bond donors (Lipinski definition) is 1. The molecule has 0 spiro atoms. The van der Waals surface area contributed by atoms with Crippen LogP contribution in [0.15, 0.2) is 0 Å². The predicted molar refractivity (Wildman–Crippen MR) is 66.5 cm³/mol. The summed E-state index contributed by atoms with van der Waals surface area (Å²) in [6, 6.07) is -0.180. The van der Waals surface area contributed by atoms with Gasteiger partial charge in [0.2, 0.25) is 0 Å². The number of nitrogens with one attached hydrogen (secondary N) is 1. The van der Waals surface area contributed by atoms with E-state index in [1.807, 2.05) is 34.6 Å². The van der Waals surface area contributed by atoms with Gasteiger partial charge in [0, 0.05) is 18.3 Å². The lowest BCUT2D eigenvalue weighted by molar-refractivity contribution is -0.128. The van der Waals surface area contributed by atoms with Crippen LogP contribution in [0.25, 0.3) is 0 Å². The Labute approximate surface area is 99.0 Å². The van der Waals surface area contributed by atoms with Gasteiger partial charge in [-0.15, -0.1) is 0 Å². The number of carbonyl (C=O) groups excluding carboxylic acids is 2. The normalized spacial score (nSPS) is 13.6. The standard InChI is InChI=1S/C13H25NO2/c1-6-10(15)8-9-11(14-7-2)12(16)13(3,4)5/h11,14H,6-9H2,1-5H3/t11-/m0/s1. The third kappa shape index (κ3) is 5.40. The first-order valence-electron chi connectivity index (χ1n) is 6.12. The highest BCUT2D eigenvalue weighted by Crippen LogP contribution is 2.19. The van der Waals surface area contributed by atoms with E-state index in [-0.39, 0.29) is 23.0 Å². The van der Waals surface area contributed by atoms with Crippen molar-refractivity contribution < 1.29 is 9.59 Å². The molecule has 1 N–H and O–H groups in total. The van der Waals surface area contributed by atoms with E-state index in [1.54, 1.807) is 0 Å². The molecule has 0 fully saturated rings. The molecule has 0 aromatic rings. The maximum Gasteiger partial charge on any atom is 0.155 e. The van der Waals surface area contributed by atoms with E-state index in [0.717, 1.165) is 6.54 Å². The van der Waals surface area contributed by atoms with Crippen molar-refractivity contribution in [1.82, 2.24) is 5.32 Å². The maximum atomic E-state index is 12.1. The van der Waals surface area contributed by atoms with Gasteiger partial charge in [0.25, 0.3) is 0 Å². The van der Waals surface area contributed by atoms with Crippen LogP contribution in [0.4, 0.5) is 0 Å². The number of hydrogen-bond acceptors (Lipinski definition) is 3. The molecule has 3 heteroatoms. The second-order valence-electron chi connectivity index (χ2n) is 5.16. The van der Waals surface area contributed by atoms with Crippen molar-refractivity contribution in [2.24, 2.45) is 5.41 Å². The topological polar surface area (TPSA) is 46.2 Å². The Morgan fingerprint density at radius 1 is 1.19 bits per heavy atom. The molecule has 0 unspecified atom stereocenters. The Hall–Kier alpha value is -0.700. The van der Waals surface area contributed by atoms with Gasteiger partial charge in [0.15, 0.2) is 5.78 Å². The van der Waals surface area contributed by atoms with Crippen LogP contribution in [0, 0.1) is 5.41 Å². The number of ketones is 2. The highest BCUT2D eigenvalue weighted by Gasteiger charge is 2.28. The monoisotopic (exact) mass is 227 g/mol. The molecule has 0 aromatic carbocycles. The van der Waals surface area contributed by atoms with Crippen molar-refractivity contribution in [2.75, 3.05) is 6.54 Å². The van der Waals surface area contributed by atoms with Crippen molar-refractivity contribution in [2.45, 2.75) is 59.9 Å². The molecule has 0 aliphatic rings. The summed E-state index contributed by atoms with van der Waals surface area (Å²) in [6.07, 6.45) is 1.68. The molecule has 0 aliphatic heterocycles. The van der Waals surface area contributed by atoms with Gasteiger partial charge in [-0.25, -0.2) is 0 Å². The Morgan fingerprint density at radius 3 is 2.12 bits per heavy atom. The summed E-state index contributed by atoms with van der Waals surface area (Å²) in [6.45, 7) is 10.3. The van der Waals surface area contributed by atoms with E-state index >= 15 is 0 Å². The molecule has 0 bridgehead atoms.